The summed E-state index contributed by atoms with van der Waals surface area (Å²) in [4.78, 5) is 9.80. The van der Waals surface area contributed by atoms with E-state index in [1.165, 1.54) is 10.4 Å². The maximum absolute atomic E-state index is 4.27. The van der Waals surface area contributed by atoms with Gasteiger partial charge in [0.15, 0.2) is 5.96 Å². The molecule has 2 aromatic rings. The third-order valence-electron chi connectivity index (χ3n) is 2.77. The zero-order chi connectivity index (χ0) is 13.5. The molecule has 20 heavy (non-hydrogen) atoms. The standard InChI is InChI=1S/C14H18N4S.HI/c1-11-6-8-19-13(11)10-18-14(15-2)17-9-12-5-3-4-7-16-12;/h3-8H,9-10H2,1-2H3,(H2,15,17,18);1H. The first-order valence-electron chi connectivity index (χ1n) is 6.17. The minimum Gasteiger partial charge on any atom is -0.352 e. The van der Waals surface area contributed by atoms with E-state index in [0.29, 0.717) is 6.54 Å². The van der Waals surface area contributed by atoms with Gasteiger partial charge >= 0.3 is 0 Å². The van der Waals surface area contributed by atoms with Gasteiger partial charge in [-0.05, 0) is 36.1 Å². The lowest BCUT2D eigenvalue weighted by molar-refractivity contribution is 0.798. The fourth-order valence-electron chi connectivity index (χ4n) is 1.65. The molecule has 2 aromatic heterocycles. The monoisotopic (exact) mass is 402 g/mol. The van der Waals surface area contributed by atoms with Crippen LogP contribution in [0.1, 0.15) is 16.1 Å². The zero-order valence-corrected chi connectivity index (χ0v) is 14.7. The number of hydrogen-bond donors (Lipinski definition) is 2. The molecule has 0 radical (unpaired) electrons. The van der Waals surface area contributed by atoms with Gasteiger partial charge in [-0.15, -0.1) is 35.3 Å². The smallest absolute Gasteiger partial charge is 0.191 e. The highest BCUT2D eigenvalue weighted by Crippen LogP contribution is 2.14. The molecule has 0 aliphatic carbocycles. The van der Waals surface area contributed by atoms with Crippen LogP contribution in [-0.2, 0) is 13.1 Å². The summed E-state index contributed by atoms with van der Waals surface area (Å²) in [5.74, 6) is 0.790. The summed E-state index contributed by atoms with van der Waals surface area (Å²) in [6.07, 6.45) is 1.79. The number of aromatic nitrogens is 1. The normalized spacial score (nSPS) is 10.8. The third-order valence-corrected chi connectivity index (χ3v) is 3.79. The minimum absolute atomic E-state index is 0. The van der Waals surface area contributed by atoms with Crippen LogP contribution in [0.15, 0.2) is 40.8 Å². The van der Waals surface area contributed by atoms with E-state index < -0.39 is 0 Å². The number of thiophene rings is 1. The maximum atomic E-state index is 4.27. The van der Waals surface area contributed by atoms with Crippen molar-refractivity contribution < 1.29 is 0 Å². The van der Waals surface area contributed by atoms with Gasteiger partial charge in [0.25, 0.3) is 0 Å². The first-order chi connectivity index (χ1) is 9.29. The molecule has 0 amide bonds. The Bertz CT molecular complexity index is 539. The van der Waals surface area contributed by atoms with E-state index in [4.69, 9.17) is 0 Å². The average Bonchev–Trinajstić information content (AvgIpc) is 2.86. The van der Waals surface area contributed by atoms with Crippen LogP contribution in [0, 0.1) is 6.92 Å². The lowest BCUT2D eigenvalue weighted by Crippen LogP contribution is -2.36. The van der Waals surface area contributed by atoms with Crippen molar-refractivity contribution >= 4 is 41.3 Å². The fraction of sp³-hybridized carbons (Fsp3) is 0.286. The van der Waals surface area contributed by atoms with Gasteiger partial charge < -0.3 is 10.6 Å². The van der Waals surface area contributed by atoms with Crippen LogP contribution < -0.4 is 10.6 Å². The molecule has 0 unspecified atom stereocenters. The number of nitrogens with one attached hydrogen (secondary N) is 2. The molecule has 2 rings (SSSR count). The van der Waals surface area contributed by atoms with Crippen LogP contribution >= 0.6 is 35.3 Å². The molecule has 0 fully saturated rings. The van der Waals surface area contributed by atoms with Crippen LogP contribution in [0.25, 0.3) is 0 Å². The van der Waals surface area contributed by atoms with Gasteiger partial charge in [-0.3, -0.25) is 9.98 Å². The number of nitrogens with zero attached hydrogens (tertiary/aromatic N) is 2. The van der Waals surface area contributed by atoms with Crippen LogP contribution in [0.5, 0.6) is 0 Å². The van der Waals surface area contributed by atoms with E-state index in [2.05, 4.69) is 39.0 Å². The molecule has 0 aromatic carbocycles. The molecule has 0 bridgehead atoms. The highest BCUT2D eigenvalue weighted by atomic mass is 127. The van der Waals surface area contributed by atoms with Gasteiger partial charge in [0.1, 0.15) is 0 Å². The van der Waals surface area contributed by atoms with Crippen molar-refractivity contribution in [2.24, 2.45) is 4.99 Å². The van der Waals surface area contributed by atoms with E-state index in [1.807, 2.05) is 18.2 Å². The van der Waals surface area contributed by atoms with Crippen LogP contribution in [0.3, 0.4) is 0 Å². The predicted molar refractivity (Wildman–Crippen MR) is 95.7 cm³/mol. The Morgan fingerprint density at radius 2 is 2.05 bits per heavy atom. The summed E-state index contributed by atoms with van der Waals surface area (Å²) in [5.41, 5.74) is 2.32. The molecule has 0 atom stereocenters. The van der Waals surface area contributed by atoms with Crippen molar-refractivity contribution in [3.63, 3.8) is 0 Å². The molecular formula is C14H19IN4S. The number of guanidine groups is 1. The van der Waals surface area contributed by atoms with Crippen molar-refractivity contribution in [3.8, 4) is 0 Å². The summed E-state index contributed by atoms with van der Waals surface area (Å²) in [6.45, 7) is 3.59. The van der Waals surface area contributed by atoms with E-state index in [9.17, 15) is 0 Å². The number of pyridine rings is 1. The van der Waals surface area contributed by atoms with Crippen molar-refractivity contribution in [1.29, 1.82) is 0 Å². The molecule has 0 aliphatic heterocycles. The lowest BCUT2D eigenvalue weighted by atomic mass is 10.3. The maximum Gasteiger partial charge on any atom is 0.191 e. The largest absolute Gasteiger partial charge is 0.352 e. The summed E-state index contributed by atoms with van der Waals surface area (Å²) in [7, 11) is 1.77. The fourth-order valence-corrected chi connectivity index (χ4v) is 2.49. The quantitative estimate of drug-likeness (QED) is 0.470. The van der Waals surface area contributed by atoms with E-state index in [0.717, 1.165) is 18.2 Å². The van der Waals surface area contributed by atoms with Crippen LogP contribution in [0.4, 0.5) is 0 Å². The Morgan fingerprint density at radius 1 is 1.25 bits per heavy atom. The first-order valence-corrected chi connectivity index (χ1v) is 7.05. The van der Waals surface area contributed by atoms with E-state index in [-0.39, 0.29) is 24.0 Å². The summed E-state index contributed by atoms with van der Waals surface area (Å²) in [5, 5.41) is 8.66. The molecule has 0 saturated heterocycles. The van der Waals surface area contributed by atoms with Gasteiger partial charge in [0, 0.05) is 18.1 Å². The minimum atomic E-state index is 0. The van der Waals surface area contributed by atoms with Gasteiger partial charge in [0.05, 0.1) is 18.8 Å². The summed E-state index contributed by atoms with van der Waals surface area (Å²) < 4.78 is 0. The Labute approximate surface area is 140 Å². The average molecular weight is 402 g/mol. The number of aryl methyl sites for hydroxylation is 1. The molecule has 2 N–H and O–H groups in total. The topological polar surface area (TPSA) is 49.3 Å². The van der Waals surface area contributed by atoms with E-state index >= 15 is 0 Å². The zero-order valence-electron chi connectivity index (χ0n) is 11.6. The van der Waals surface area contributed by atoms with Crippen LogP contribution in [-0.4, -0.2) is 18.0 Å². The Balaban J connectivity index is 0.00000200. The number of halogens is 1. The van der Waals surface area contributed by atoms with Crippen molar-refractivity contribution in [1.82, 2.24) is 15.6 Å². The molecule has 4 nitrogen and oxygen atoms in total. The molecule has 108 valence electrons. The van der Waals surface area contributed by atoms with Gasteiger partial charge in [-0.1, -0.05) is 6.07 Å². The predicted octanol–water partition coefficient (Wildman–Crippen LogP) is 2.93. The Hall–Kier alpha value is -1.15. The van der Waals surface area contributed by atoms with E-state index in [1.54, 1.807) is 24.6 Å². The second-order valence-electron chi connectivity index (χ2n) is 4.13. The van der Waals surface area contributed by atoms with Crippen molar-refractivity contribution in [2.75, 3.05) is 7.05 Å². The second kappa shape index (κ2) is 8.91. The SMILES string of the molecule is CN=C(NCc1ccccn1)NCc1sccc1C.I. The molecule has 0 saturated carbocycles. The lowest BCUT2D eigenvalue weighted by Gasteiger charge is -2.11. The van der Waals surface area contributed by atoms with Gasteiger partial charge in [-0.25, -0.2) is 0 Å². The Morgan fingerprint density at radius 3 is 2.65 bits per heavy atom. The highest BCUT2D eigenvalue weighted by Gasteiger charge is 2.02. The summed E-state index contributed by atoms with van der Waals surface area (Å²) in [6, 6.07) is 8.01. The van der Waals surface area contributed by atoms with Crippen LogP contribution in [0.2, 0.25) is 0 Å². The third kappa shape index (κ3) is 5.09. The number of hydrogen-bond acceptors (Lipinski definition) is 3. The second-order valence-corrected chi connectivity index (χ2v) is 5.13. The number of rotatable bonds is 4. The molecule has 2 heterocycles. The molecular weight excluding hydrogens is 383 g/mol. The molecule has 6 heteroatoms. The first kappa shape index (κ1) is 16.9. The molecule has 0 aliphatic rings. The van der Waals surface area contributed by atoms with Gasteiger partial charge in [0.2, 0.25) is 0 Å². The molecule has 0 spiro atoms. The summed E-state index contributed by atoms with van der Waals surface area (Å²) >= 11 is 1.76. The number of aliphatic imine (C=N–C) groups is 1. The highest BCUT2D eigenvalue weighted by molar-refractivity contribution is 14.0. The van der Waals surface area contributed by atoms with Crippen molar-refractivity contribution in [2.45, 2.75) is 20.0 Å². The Kier molecular flexibility index (Phi) is 7.53. The van der Waals surface area contributed by atoms with Crippen molar-refractivity contribution in [3.05, 3.63) is 52.0 Å². The van der Waals surface area contributed by atoms with Gasteiger partial charge in [-0.2, -0.15) is 0 Å².